The van der Waals surface area contributed by atoms with Gasteiger partial charge in [-0.05, 0) is 50.2 Å². The van der Waals surface area contributed by atoms with Crippen molar-refractivity contribution in [1.29, 1.82) is 0 Å². The van der Waals surface area contributed by atoms with Gasteiger partial charge in [-0.1, -0.05) is 36.8 Å². The molecule has 5 rings (SSSR count). The minimum Gasteiger partial charge on any atom is -0.288 e. The van der Waals surface area contributed by atoms with Crippen LogP contribution in [0.1, 0.15) is 67.0 Å². The van der Waals surface area contributed by atoms with Crippen LogP contribution in [-0.2, 0) is 6.42 Å². The van der Waals surface area contributed by atoms with Crippen LogP contribution in [-0.4, -0.2) is 28.0 Å². The van der Waals surface area contributed by atoms with E-state index < -0.39 is 0 Å². The molecule has 3 heteroatoms. The van der Waals surface area contributed by atoms with Crippen LogP contribution in [0.15, 0.2) is 36.4 Å². The number of rotatable bonds is 1. The molecule has 0 saturated carbocycles. The van der Waals surface area contributed by atoms with Crippen LogP contribution in [0.3, 0.4) is 0 Å². The first-order valence-corrected chi connectivity index (χ1v) is 9.92. The third-order valence-corrected chi connectivity index (χ3v) is 6.38. The second-order valence-electron chi connectivity index (χ2n) is 7.79. The molecule has 0 saturated heterocycles. The van der Waals surface area contributed by atoms with Crippen molar-refractivity contribution >= 4 is 16.8 Å². The number of para-hydroxylation sites is 1. The number of hydrogen-bond acceptors (Lipinski definition) is 2. The van der Waals surface area contributed by atoms with Crippen molar-refractivity contribution in [3.05, 3.63) is 47.7 Å². The quantitative estimate of drug-likeness (QED) is 0.696. The van der Waals surface area contributed by atoms with Crippen molar-refractivity contribution in [2.75, 3.05) is 6.54 Å². The number of carbonyl (C=O) groups excluding carboxylic acids is 1. The Bertz CT molecular complexity index is 847. The van der Waals surface area contributed by atoms with E-state index in [4.69, 9.17) is 0 Å². The highest BCUT2D eigenvalue weighted by molar-refractivity contribution is 5.96. The number of fused-ring (bicyclic) bond motifs is 3. The van der Waals surface area contributed by atoms with E-state index in [1.165, 1.54) is 42.3 Å². The summed E-state index contributed by atoms with van der Waals surface area (Å²) < 4.78 is 2.08. The first kappa shape index (κ1) is 15.4. The molecule has 3 heterocycles. The van der Waals surface area contributed by atoms with Gasteiger partial charge in [-0.15, -0.1) is 0 Å². The van der Waals surface area contributed by atoms with Gasteiger partial charge in [-0.3, -0.25) is 14.3 Å². The Balaban J connectivity index is 1.66. The van der Waals surface area contributed by atoms with Crippen LogP contribution in [0.2, 0.25) is 0 Å². The van der Waals surface area contributed by atoms with Crippen LogP contribution in [0, 0.1) is 0 Å². The van der Waals surface area contributed by atoms with Crippen LogP contribution in [0.4, 0.5) is 0 Å². The number of benzene rings is 1. The summed E-state index contributed by atoms with van der Waals surface area (Å²) in [6, 6.07) is 9.45. The van der Waals surface area contributed by atoms with Gasteiger partial charge in [0.05, 0.1) is 11.6 Å². The normalized spacial score (nSPS) is 27.1. The molecule has 2 unspecified atom stereocenters. The largest absolute Gasteiger partial charge is 0.288 e. The molecular formula is C22H26N2O. The predicted octanol–water partition coefficient (Wildman–Crippen LogP) is 4.86. The Morgan fingerprint density at radius 3 is 2.88 bits per heavy atom. The van der Waals surface area contributed by atoms with E-state index >= 15 is 0 Å². The Morgan fingerprint density at radius 1 is 1.00 bits per heavy atom. The van der Waals surface area contributed by atoms with E-state index in [0.717, 1.165) is 31.3 Å². The number of aromatic nitrogens is 1. The molecule has 1 aromatic carbocycles. The third kappa shape index (κ3) is 2.40. The van der Waals surface area contributed by atoms with Crippen molar-refractivity contribution in [3.8, 4) is 0 Å². The molecule has 0 N–H and O–H groups in total. The fraction of sp³-hybridized carbons (Fsp3) is 0.500. The van der Waals surface area contributed by atoms with Gasteiger partial charge in [-0.25, -0.2) is 0 Å². The summed E-state index contributed by atoms with van der Waals surface area (Å²) in [5, 5.41) is 1.30. The van der Waals surface area contributed by atoms with Crippen molar-refractivity contribution < 1.29 is 4.79 Å². The molecule has 0 fully saturated rings. The smallest absolute Gasteiger partial charge is 0.231 e. The van der Waals surface area contributed by atoms with E-state index in [1.807, 2.05) is 0 Å². The summed E-state index contributed by atoms with van der Waals surface area (Å²) in [7, 11) is 0. The molecular weight excluding hydrogens is 308 g/mol. The highest BCUT2D eigenvalue weighted by Crippen LogP contribution is 2.43. The van der Waals surface area contributed by atoms with E-state index in [0.29, 0.717) is 24.4 Å². The van der Waals surface area contributed by atoms with E-state index in [9.17, 15) is 4.79 Å². The molecule has 25 heavy (non-hydrogen) atoms. The van der Waals surface area contributed by atoms with Crippen LogP contribution in [0.5, 0.6) is 0 Å². The molecule has 2 atom stereocenters. The number of nitrogens with zero attached hydrogens (tertiary/aromatic N) is 2. The average molecular weight is 334 g/mol. The van der Waals surface area contributed by atoms with E-state index in [2.05, 4.69) is 45.9 Å². The van der Waals surface area contributed by atoms with Crippen molar-refractivity contribution in [2.24, 2.45) is 0 Å². The topological polar surface area (TPSA) is 25.2 Å². The summed E-state index contributed by atoms with van der Waals surface area (Å²) in [6.45, 7) is 1.12. The first-order valence-electron chi connectivity index (χ1n) is 9.92. The maximum atomic E-state index is 12.9. The zero-order valence-electron chi connectivity index (χ0n) is 14.8. The third-order valence-electron chi connectivity index (χ3n) is 6.38. The second-order valence-corrected chi connectivity index (χ2v) is 7.79. The lowest BCUT2D eigenvalue weighted by atomic mass is 9.92. The first-order chi connectivity index (χ1) is 12.3. The molecule has 0 amide bonds. The minimum absolute atomic E-state index is 0.290. The number of allylic oxidation sites excluding steroid dienone is 1. The summed E-state index contributed by atoms with van der Waals surface area (Å²) in [5.41, 5.74) is 3.87. The average Bonchev–Trinajstić information content (AvgIpc) is 2.79. The Kier molecular flexibility index (Phi) is 3.78. The van der Waals surface area contributed by atoms with Crippen molar-refractivity contribution in [1.82, 2.24) is 9.47 Å². The molecule has 1 aliphatic carbocycles. The van der Waals surface area contributed by atoms with E-state index in [1.54, 1.807) is 0 Å². The zero-order valence-corrected chi connectivity index (χ0v) is 14.8. The lowest BCUT2D eigenvalue weighted by Crippen LogP contribution is -2.42. The van der Waals surface area contributed by atoms with Gasteiger partial charge in [0.1, 0.15) is 0 Å². The predicted molar refractivity (Wildman–Crippen MR) is 101 cm³/mol. The van der Waals surface area contributed by atoms with Gasteiger partial charge in [0.2, 0.25) is 5.91 Å². The molecule has 2 aliphatic heterocycles. The zero-order chi connectivity index (χ0) is 16.8. The lowest BCUT2D eigenvalue weighted by Gasteiger charge is -2.40. The number of hydrogen-bond donors (Lipinski definition) is 0. The maximum Gasteiger partial charge on any atom is 0.231 e. The van der Waals surface area contributed by atoms with Gasteiger partial charge < -0.3 is 0 Å². The fourth-order valence-corrected chi connectivity index (χ4v) is 5.26. The summed E-state index contributed by atoms with van der Waals surface area (Å²) in [4.78, 5) is 15.6. The van der Waals surface area contributed by atoms with Gasteiger partial charge in [-0.2, -0.15) is 0 Å². The Hall–Kier alpha value is -1.87. The molecule has 1 aromatic heterocycles. The van der Waals surface area contributed by atoms with Crippen LogP contribution < -0.4 is 0 Å². The molecule has 130 valence electrons. The van der Waals surface area contributed by atoms with Gasteiger partial charge >= 0.3 is 0 Å². The summed E-state index contributed by atoms with van der Waals surface area (Å²) in [5.74, 6) is 0.290. The highest BCUT2D eigenvalue weighted by atomic mass is 16.2. The minimum atomic E-state index is 0.290. The van der Waals surface area contributed by atoms with Gasteiger partial charge in [0.25, 0.3) is 0 Å². The second kappa shape index (κ2) is 6.14. The molecule has 3 nitrogen and oxygen atoms in total. The van der Waals surface area contributed by atoms with Gasteiger partial charge in [0, 0.05) is 30.1 Å². The van der Waals surface area contributed by atoms with Crippen LogP contribution >= 0.6 is 0 Å². The maximum absolute atomic E-state index is 12.9. The monoisotopic (exact) mass is 334 g/mol. The Morgan fingerprint density at radius 2 is 1.92 bits per heavy atom. The molecule has 2 aromatic rings. The number of carbonyl (C=O) groups is 1. The van der Waals surface area contributed by atoms with E-state index in [-0.39, 0.29) is 0 Å². The SMILES string of the molecule is O=C1CCCC2c3c(c4ccccc4n31)CCN2C1C=CCCCC1. The van der Waals surface area contributed by atoms with Gasteiger partial charge in [0.15, 0.2) is 0 Å². The Labute approximate surface area is 149 Å². The molecule has 0 radical (unpaired) electrons. The molecule has 3 aliphatic rings. The fourth-order valence-electron chi connectivity index (χ4n) is 5.26. The standard InChI is InChI=1S/C22H26N2O/c25-21-13-7-12-20-22-18(17-10-5-6-11-19(17)24(21)22)14-15-23(20)16-8-3-1-2-4-9-16/h3,5-6,8,10-11,16,20H,1-2,4,7,9,12-15H2. The van der Waals surface area contributed by atoms with Crippen LogP contribution in [0.25, 0.3) is 10.9 Å². The molecule has 0 bridgehead atoms. The van der Waals surface area contributed by atoms with Crippen molar-refractivity contribution in [2.45, 2.75) is 63.5 Å². The summed E-state index contributed by atoms with van der Waals surface area (Å²) in [6.07, 6.45) is 13.8. The molecule has 0 spiro atoms. The summed E-state index contributed by atoms with van der Waals surface area (Å²) >= 11 is 0. The lowest BCUT2D eigenvalue weighted by molar-refractivity contribution is 0.0904. The van der Waals surface area contributed by atoms with Crippen molar-refractivity contribution in [3.63, 3.8) is 0 Å². The highest BCUT2D eigenvalue weighted by Gasteiger charge is 2.38.